The van der Waals surface area contributed by atoms with Crippen molar-refractivity contribution in [3.8, 4) is 5.69 Å². The molecule has 0 unspecified atom stereocenters. The van der Waals surface area contributed by atoms with E-state index in [0.29, 0.717) is 28.4 Å². The van der Waals surface area contributed by atoms with Gasteiger partial charge in [-0.3, -0.25) is 14.2 Å². The Morgan fingerprint density at radius 1 is 1.34 bits per heavy atom. The maximum Gasteiger partial charge on any atom is 0.318 e. The zero-order valence-corrected chi connectivity index (χ0v) is 18.4. The molecule has 1 atom stereocenters. The van der Waals surface area contributed by atoms with E-state index in [1.165, 1.54) is 30.2 Å². The molecule has 0 bridgehead atoms. The minimum Gasteiger partial charge on any atom is -0.468 e. The summed E-state index contributed by atoms with van der Waals surface area (Å²) in [5, 5.41) is 0.641. The summed E-state index contributed by atoms with van der Waals surface area (Å²) in [7, 11) is 1.36. The van der Waals surface area contributed by atoms with E-state index < -0.39 is 5.25 Å². The zero-order chi connectivity index (χ0) is 20.8. The van der Waals surface area contributed by atoms with Gasteiger partial charge < -0.3 is 9.47 Å². The summed E-state index contributed by atoms with van der Waals surface area (Å²) < 4.78 is 12.4. The van der Waals surface area contributed by atoms with Gasteiger partial charge in [0, 0.05) is 11.3 Å². The van der Waals surface area contributed by atoms with Crippen LogP contribution in [-0.2, 0) is 27.3 Å². The number of thioether (sulfide) groups is 1. The van der Waals surface area contributed by atoms with Gasteiger partial charge in [-0.1, -0.05) is 30.0 Å². The van der Waals surface area contributed by atoms with Crippen LogP contribution in [0, 0.1) is 0 Å². The van der Waals surface area contributed by atoms with Crippen LogP contribution in [0.25, 0.3) is 15.9 Å². The van der Waals surface area contributed by atoms with Crippen LogP contribution in [-0.4, -0.2) is 33.5 Å². The Labute approximate surface area is 176 Å². The average Bonchev–Trinajstić information content (AvgIpc) is 3.04. The van der Waals surface area contributed by atoms with Crippen molar-refractivity contribution in [1.29, 1.82) is 0 Å². The fourth-order valence-corrected chi connectivity index (χ4v) is 5.53. The summed E-state index contributed by atoms with van der Waals surface area (Å²) in [5.41, 5.74) is 1.31. The molecule has 0 saturated heterocycles. The number of para-hydroxylation sites is 1. The van der Waals surface area contributed by atoms with Crippen molar-refractivity contribution in [2.24, 2.45) is 0 Å². The third kappa shape index (κ3) is 3.72. The van der Waals surface area contributed by atoms with E-state index >= 15 is 0 Å². The molecule has 0 radical (unpaired) electrons. The van der Waals surface area contributed by atoms with E-state index in [1.807, 2.05) is 44.2 Å². The maximum absolute atomic E-state index is 13.7. The minimum absolute atomic E-state index is 0.115. The maximum atomic E-state index is 13.7. The molecule has 4 rings (SSSR count). The highest BCUT2D eigenvalue weighted by Gasteiger charge is 2.32. The number of methoxy groups -OCH3 is 1. The van der Waals surface area contributed by atoms with Gasteiger partial charge in [-0.05, 0) is 38.5 Å². The highest BCUT2D eigenvalue weighted by molar-refractivity contribution is 8.00. The SMILES string of the molecule is COC(=O)[C@@H](C)Sc1nc2sc3c(c2c(=O)n1-c1ccccc1)CC(C)(C)OC3. The van der Waals surface area contributed by atoms with Gasteiger partial charge in [-0.2, -0.15) is 0 Å². The number of hydrogen-bond donors (Lipinski definition) is 0. The normalized spacial score (nSPS) is 16.4. The predicted octanol–water partition coefficient (Wildman–Crippen LogP) is 3.95. The molecule has 0 spiro atoms. The van der Waals surface area contributed by atoms with Gasteiger partial charge in [0.15, 0.2) is 5.16 Å². The van der Waals surface area contributed by atoms with E-state index in [0.717, 1.165) is 16.1 Å². The van der Waals surface area contributed by atoms with Crippen molar-refractivity contribution in [3.63, 3.8) is 0 Å². The molecule has 6 nitrogen and oxygen atoms in total. The Kier molecular flexibility index (Phi) is 5.27. The monoisotopic (exact) mass is 430 g/mol. The molecule has 2 aromatic heterocycles. The first kappa shape index (κ1) is 20.1. The van der Waals surface area contributed by atoms with Crippen LogP contribution in [0.5, 0.6) is 0 Å². The van der Waals surface area contributed by atoms with Crippen LogP contribution in [0.3, 0.4) is 0 Å². The number of aromatic nitrogens is 2. The molecule has 29 heavy (non-hydrogen) atoms. The molecule has 1 aliphatic heterocycles. The van der Waals surface area contributed by atoms with Crippen LogP contribution in [0.4, 0.5) is 0 Å². The Bertz CT molecular complexity index is 1140. The van der Waals surface area contributed by atoms with Crippen molar-refractivity contribution in [1.82, 2.24) is 9.55 Å². The van der Waals surface area contributed by atoms with Gasteiger partial charge in [0.05, 0.1) is 30.4 Å². The molecule has 152 valence electrons. The lowest BCUT2D eigenvalue weighted by Crippen LogP contribution is -2.32. The van der Waals surface area contributed by atoms with Gasteiger partial charge in [0.25, 0.3) is 5.56 Å². The highest BCUT2D eigenvalue weighted by Crippen LogP contribution is 2.38. The fraction of sp³-hybridized carbons (Fsp3) is 0.381. The number of carbonyl (C=O) groups is 1. The molecule has 0 amide bonds. The summed E-state index contributed by atoms with van der Waals surface area (Å²) in [6, 6.07) is 9.40. The number of ether oxygens (including phenoxy) is 2. The number of hydrogen-bond acceptors (Lipinski definition) is 7. The standard InChI is InChI=1S/C21H22N2O4S2/c1-12(19(25)26-4)28-20-22-17-16(14-10-21(2,3)27-11-15(14)29-17)18(24)23(20)13-8-6-5-7-9-13/h5-9,12H,10-11H2,1-4H3/t12-/m1/s1. The molecule has 0 N–H and O–H groups in total. The van der Waals surface area contributed by atoms with Crippen LogP contribution in [0.2, 0.25) is 0 Å². The van der Waals surface area contributed by atoms with E-state index in [9.17, 15) is 9.59 Å². The van der Waals surface area contributed by atoms with Crippen molar-refractivity contribution < 1.29 is 14.3 Å². The van der Waals surface area contributed by atoms with E-state index in [4.69, 9.17) is 14.5 Å². The number of nitrogens with zero attached hydrogens (tertiary/aromatic N) is 2. The van der Waals surface area contributed by atoms with Gasteiger partial charge in [0.2, 0.25) is 0 Å². The van der Waals surface area contributed by atoms with Crippen molar-refractivity contribution in [2.75, 3.05) is 7.11 Å². The third-order valence-electron chi connectivity index (χ3n) is 4.90. The van der Waals surface area contributed by atoms with Crippen LogP contribution < -0.4 is 5.56 Å². The van der Waals surface area contributed by atoms with Gasteiger partial charge >= 0.3 is 5.97 Å². The summed E-state index contributed by atoms with van der Waals surface area (Å²) in [6.07, 6.45) is 0.666. The molecule has 3 heterocycles. The number of carbonyl (C=O) groups excluding carboxylic acids is 1. The summed E-state index contributed by atoms with van der Waals surface area (Å²) in [5.74, 6) is -0.357. The molecule has 3 aromatic rings. The number of fused-ring (bicyclic) bond motifs is 3. The molecule has 0 saturated carbocycles. The lowest BCUT2D eigenvalue weighted by Gasteiger charge is -2.29. The second-order valence-corrected chi connectivity index (χ2v) is 9.95. The first-order chi connectivity index (χ1) is 13.8. The average molecular weight is 431 g/mol. The van der Waals surface area contributed by atoms with Gasteiger partial charge in [0.1, 0.15) is 10.1 Å². The molecule has 0 fully saturated rings. The third-order valence-corrected chi connectivity index (χ3v) is 7.03. The molecule has 8 heteroatoms. The molecule has 1 aromatic carbocycles. The quantitative estimate of drug-likeness (QED) is 0.355. The molecule has 0 aliphatic carbocycles. The lowest BCUT2D eigenvalue weighted by atomic mass is 9.94. The lowest BCUT2D eigenvalue weighted by molar-refractivity contribution is -0.139. The first-order valence-corrected chi connectivity index (χ1v) is 11.0. The second-order valence-electron chi connectivity index (χ2n) is 7.56. The largest absolute Gasteiger partial charge is 0.468 e. The highest BCUT2D eigenvalue weighted by atomic mass is 32.2. The topological polar surface area (TPSA) is 70.4 Å². The fourth-order valence-electron chi connectivity index (χ4n) is 3.43. The molecule has 1 aliphatic rings. The summed E-state index contributed by atoms with van der Waals surface area (Å²) >= 11 is 2.72. The minimum atomic E-state index is -0.490. The van der Waals surface area contributed by atoms with Gasteiger partial charge in [-0.25, -0.2) is 4.98 Å². The number of esters is 1. The van der Waals surface area contributed by atoms with Crippen LogP contribution in [0.1, 0.15) is 31.2 Å². The summed E-state index contributed by atoms with van der Waals surface area (Å²) in [4.78, 5) is 32.2. The Balaban J connectivity index is 1.95. The van der Waals surface area contributed by atoms with Crippen LogP contribution in [0.15, 0.2) is 40.3 Å². The Morgan fingerprint density at radius 3 is 2.76 bits per heavy atom. The van der Waals surface area contributed by atoms with E-state index in [2.05, 4.69) is 0 Å². The first-order valence-electron chi connectivity index (χ1n) is 9.32. The van der Waals surface area contributed by atoms with E-state index in [-0.39, 0.29) is 17.1 Å². The summed E-state index contributed by atoms with van der Waals surface area (Å²) in [6.45, 7) is 6.29. The Hall–Kier alpha value is -2.16. The smallest absolute Gasteiger partial charge is 0.318 e. The number of benzene rings is 1. The molecular formula is C21H22N2O4S2. The van der Waals surface area contributed by atoms with Crippen molar-refractivity contribution in [3.05, 3.63) is 51.1 Å². The second kappa shape index (κ2) is 7.59. The van der Waals surface area contributed by atoms with Crippen molar-refractivity contribution >= 4 is 39.3 Å². The zero-order valence-electron chi connectivity index (χ0n) is 16.7. The van der Waals surface area contributed by atoms with Crippen molar-refractivity contribution in [2.45, 2.75) is 49.8 Å². The number of rotatable bonds is 4. The number of thiophene rings is 1. The van der Waals surface area contributed by atoms with Crippen LogP contribution >= 0.6 is 23.1 Å². The van der Waals surface area contributed by atoms with Gasteiger partial charge in [-0.15, -0.1) is 11.3 Å². The molecular weight excluding hydrogens is 408 g/mol. The van der Waals surface area contributed by atoms with E-state index in [1.54, 1.807) is 11.5 Å². The predicted molar refractivity (Wildman–Crippen MR) is 115 cm³/mol. The Morgan fingerprint density at radius 2 is 2.07 bits per heavy atom.